The number of aromatic amines is 1. The van der Waals surface area contributed by atoms with Crippen molar-refractivity contribution in [3.05, 3.63) is 64.1 Å². The van der Waals surface area contributed by atoms with Crippen LogP contribution in [0.3, 0.4) is 0 Å². The molecule has 1 aromatic heterocycles. The molecule has 0 saturated carbocycles. The summed E-state index contributed by atoms with van der Waals surface area (Å²) >= 11 is 1.63. The van der Waals surface area contributed by atoms with E-state index in [1.54, 1.807) is 11.8 Å². The molecule has 6 nitrogen and oxygen atoms in total. The molecule has 0 bridgehead atoms. The van der Waals surface area contributed by atoms with Crippen LogP contribution < -0.4 is 10.9 Å². The second kappa shape index (κ2) is 8.93. The molecule has 0 aliphatic carbocycles. The summed E-state index contributed by atoms with van der Waals surface area (Å²) in [6, 6.07) is 11.0. The quantitative estimate of drug-likeness (QED) is 0.453. The van der Waals surface area contributed by atoms with Crippen LogP contribution in [0.25, 0.3) is 0 Å². The number of pyridine rings is 1. The number of ether oxygens (including phenoxy) is 1. The molecular weight excluding hydrogens is 328 g/mol. The number of carbonyl (C=O) groups is 2. The molecule has 0 fully saturated rings. The summed E-state index contributed by atoms with van der Waals surface area (Å²) in [5.74, 6) is -0.512. The molecule has 7 heteroatoms. The van der Waals surface area contributed by atoms with Crippen LogP contribution in [0.1, 0.15) is 15.9 Å². The summed E-state index contributed by atoms with van der Waals surface area (Å²) in [5.41, 5.74) is 0.532. The van der Waals surface area contributed by atoms with Crippen molar-refractivity contribution in [2.75, 3.05) is 18.9 Å². The Morgan fingerprint density at radius 2 is 1.96 bits per heavy atom. The number of hydrogen-bond donors (Lipinski definition) is 2. The smallest absolute Gasteiger partial charge is 0.344 e. The van der Waals surface area contributed by atoms with Gasteiger partial charge in [0.1, 0.15) is 5.56 Å². The van der Waals surface area contributed by atoms with Crippen LogP contribution in [-0.4, -0.2) is 35.8 Å². The zero-order valence-electron chi connectivity index (χ0n) is 13.2. The number of nitrogens with one attached hydrogen (secondary N) is 2. The van der Waals surface area contributed by atoms with Crippen molar-refractivity contribution in [2.24, 2.45) is 0 Å². The molecule has 0 unspecified atom stereocenters. The SMILES string of the molecule is Cc1ccc(SCCNC(=O)COC(=O)c2ccc[nH]c2=O)cc1. The van der Waals surface area contributed by atoms with Crippen LogP contribution in [0.15, 0.2) is 52.3 Å². The van der Waals surface area contributed by atoms with Crippen molar-refractivity contribution in [3.8, 4) is 0 Å². The van der Waals surface area contributed by atoms with E-state index in [0.717, 1.165) is 4.90 Å². The van der Waals surface area contributed by atoms with E-state index in [9.17, 15) is 14.4 Å². The van der Waals surface area contributed by atoms with Crippen LogP contribution in [0.4, 0.5) is 0 Å². The number of aryl methyl sites for hydroxylation is 1. The molecule has 0 spiro atoms. The van der Waals surface area contributed by atoms with Crippen LogP contribution in [0.2, 0.25) is 0 Å². The second-order valence-electron chi connectivity index (χ2n) is 5.00. The fraction of sp³-hybridized carbons (Fsp3) is 0.235. The minimum atomic E-state index is -0.818. The summed E-state index contributed by atoms with van der Waals surface area (Å²) in [4.78, 5) is 38.2. The number of benzene rings is 1. The molecular formula is C17H18N2O4S. The van der Waals surface area contributed by atoms with Gasteiger partial charge in [0, 0.05) is 23.4 Å². The predicted molar refractivity (Wildman–Crippen MR) is 92.3 cm³/mol. The highest BCUT2D eigenvalue weighted by Crippen LogP contribution is 2.17. The Labute approximate surface area is 143 Å². The third-order valence-corrected chi connectivity index (χ3v) is 4.10. The van der Waals surface area contributed by atoms with Crippen molar-refractivity contribution >= 4 is 23.6 Å². The Bertz CT molecular complexity index is 756. The summed E-state index contributed by atoms with van der Waals surface area (Å²) in [7, 11) is 0. The van der Waals surface area contributed by atoms with Gasteiger partial charge in [-0.05, 0) is 31.2 Å². The Balaban J connectivity index is 1.66. The molecule has 1 aromatic carbocycles. The third-order valence-electron chi connectivity index (χ3n) is 3.09. The van der Waals surface area contributed by atoms with Gasteiger partial charge in [-0.3, -0.25) is 9.59 Å². The number of thioether (sulfide) groups is 1. The molecule has 2 aromatic rings. The molecule has 1 heterocycles. The van der Waals surface area contributed by atoms with Crippen LogP contribution in [0, 0.1) is 6.92 Å². The molecule has 0 aliphatic heterocycles. The average Bonchev–Trinajstić information content (AvgIpc) is 2.58. The Morgan fingerprint density at radius 1 is 1.21 bits per heavy atom. The number of esters is 1. The van der Waals surface area contributed by atoms with Gasteiger partial charge in [-0.15, -0.1) is 11.8 Å². The topological polar surface area (TPSA) is 88.3 Å². The maximum Gasteiger partial charge on any atom is 0.344 e. The van der Waals surface area contributed by atoms with Crippen LogP contribution >= 0.6 is 11.8 Å². The van der Waals surface area contributed by atoms with Crippen LogP contribution in [-0.2, 0) is 9.53 Å². The van der Waals surface area contributed by atoms with E-state index in [4.69, 9.17) is 4.74 Å². The fourth-order valence-electron chi connectivity index (χ4n) is 1.84. The predicted octanol–water partition coefficient (Wildman–Crippen LogP) is 1.75. The molecule has 0 aliphatic rings. The van der Waals surface area contributed by atoms with Crippen molar-refractivity contribution in [2.45, 2.75) is 11.8 Å². The maximum atomic E-state index is 11.7. The number of H-pyrrole nitrogens is 1. The van der Waals surface area contributed by atoms with Gasteiger partial charge in [0.15, 0.2) is 6.61 Å². The molecule has 2 rings (SSSR count). The lowest BCUT2D eigenvalue weighted by Gasteiger charge is -2.06. The number of amides is 1. The Morgan fingerprint density at radius 3 is 2.67 bits per heavy atom. The normalized spacial score (nSPS) is 10.2. The van der Waals surface area contributed by atoms with Gasteiger partial charge in [0.05, 0.1) is 0 Å². The first-order chi connectivity index (χ1) is 11.6. The fourth-order valence-corrected chi connectivity index (χ4v) is 2.60. The van der Waals surface area contributed by atoms with E-state index in [1.165, 1.54) is 23.9 Å². The summed E-state index contributed by atoms with van der Waals surface area (Å²) < 4.78 is 4.82. The van der Waals surface area contributed by atoms with Crippen molar-refractivity contribution in [1.82, 2.24) is 10.3 Å². The minimum absolute atomic E-state index is 0.125. The summed E-state index contributed by atoms with van der Waals surface area (Å²) in [5, 5.41) is 2.66. The zero-order chi connectivity index (χ0) is 17.4. The van der Waals surface area contributed by atoms with Gasteiger partial charge in [-0.25, -0.2) is 4.79 Å². The van der Waals surface area contributed by atoms with E-state index in [0.29, 0.717) is 12.3 Å². The second-order valence-corrected chi connectivity index (χ2v) is 6.17. The van der Waals surface area contributed by atoms with E-state index < -0.39 is 24.0 Å². The lowest BCUT2D eigenvalue weighted by Crippen LogP contribution is -2.31. The number of rotatable bonds is 7. The first-order valence-corrected chi connectivity index (χ1v) is 8.36. The lowest BCUT2D eigenvalue weighted by molar-refractivity contribution is -0.124. The first kappa shape index (κ1) is 17.8. The van der Waals surface area contributed by atoms with Crippen molar-refractivity contribution in [3.63, 3.8) is 0 Å². The number of carbonyl (C=O) groups excluding carboxylic acids is 2. The highest BCUT2D eigenvalue weighted by Gasteiger charge is 2.12. The molecule has 2 N–H and O–H groups in total. The van der Waals surface area contributed by atoms with Gasteiger partial charge in [0.2, 0.25) is 0 Å². The van der Waals surface area contributed by atoms with Crippen molar-refractivity contribution in [1.29, 1.82) is 0 Å². The monoisotopic (exact) mass is 346 g/mol. The Hall–Kier alpha value is -2.54. The molecule has 24 heavy (non-hydrogen) atoms. The molecule has 0 atom stereocenters. The highest BCUT2D eigenvalue weighted by atomic mass is 32.2. The van der Waals surface area contributed by atoms with E-state index in [-0.39, 0.29) is 5.56 Å². The number of hydrogen-bond acceptors (Lipinski definition) is 5. The maximum absolute atomic E-state index is 11.7. The van der Waals surface area contributed by atoms with Gasteiger partial charge < -0.3 is 15.0 Å². The van der Waals surface area contributed by atoms with Gasteiger partial charge in [-0.2, -0.15) is 0 Å². The zero-order valence-corrected chi connectivity index (χ0v) is 14.0. The average molecular weight is 346 g/mol. The molecule has 0 radical (unpaired) electrons. The lowest BCUT2D eigenvalue weighted by atomic mass is 10.2. The highest BCUT2D eigenvalue weighted by molar-refractivity contribution is 7.99. The molecule has 0 saturated heterocycles. The standard InChI is InChI=1S/C17H18N2O4S/c1-12-4-6-13(7-5-12)24-10-9-18-15(20)11-23-17(22)14-3-2-8-19-16(14)21/h2-8H,9-11H2,1H3,(H,18,20)(H,19,21). The largest absolute Gasteiger partial charge is 0.452 e. The van der Waals surface area contributed by atoms with Gasteiger partial charge >= 0.3 is 5.97 Å². The minimum Gasteiger partial charge on any atom is -0.452 e. The molecule has 126 valence electrons. The number of aromatic nitrogens is 1. The van der Waals surface area contributed by atoms with E-state index >= 15 is 0 Å². The van der Waals surface area contributed by atoms with Gasteiger partial charge in [0.25, 0.3) is 11.5 Å². The van der Waals surface area contributed by atoms with Crippen LogP contribution in [0.5, 0.6) is 0 Å². The van der Waals surface area contributed by atoms with E-state index in [1.807, 2.05) is 31.2 Å². The third kappa shape index (κ3) is 5.58. The first-order valence-electron chi connectivity index (χ1n) is 7.37. The Kier molecular flexibility index (Phi) is 6.62. The summed E-state index contributed by atoms with van der Waals surface area (Å²) in [6.45, 7) is 2.07. The summed E-state index contributed by atoms with van der Waals surface area (Å²) in [6.07, 6.45) is 1.41. The van der Waals surface area contributed by atoms with Crippen molar-refractivity contribution < 1.29 is 14.3 Å². The van der Waals surface area contributed by atoms with Gasteiger partial charge in [-0.1, -0.05) is 17.7 Å². The molecule has 1 amide bonds. The van der Waals surface area contributed by atoms with E-state index in [2.05, 4.69) is 10.3 Å².